The summed E-state index contributed by atoms with van der Waals surface area (Å²) in [5.74, 6) is -0.629. The van der Waals surface area contributed by atoms with E-state index in [9.17, 15) is 14.7 Å². The lowest BCUT2D eigenvalue weighted by molar-refractivity contribution is -0.307. The summed E-state index contributed by atoms with van der Waals surface area (Å²) >= 11 is 1.24. The standard InChI is InChI=1S/C27H25N5O4S/c1-18-7-11-20(12-8-18)26-30-31-27(32(26)22-13-9-19(2)10-14-22)37-17-24(33)29-28-15-21-5-3-4-6-23(21)36-16-25(34)35/h3-15H,16-17H2,1-2H3,(H,29,33)(H,34,35)/p-1. The molecule has 0 aliphatic heterocycles. The molecular formula is C27H24N5O4S-. The van der Waals surface area contributed by atoms with Gasteiger partial charge in [0.25, 0.3) is 5.91 Å². The predicted molar refractivity (Wildman–Crippen MR) is 140 cm³/mol. The Hall–Kier alpha value is -4.44. The number of aromatic nitrogens is 3. The average molecular weight is 515 g/mol. The minimum Gasteiger partial charge on any atom is -0.546 e. The maximum absolute atomic E-state index is 12.5. The van der Waals surface area contributed by atoms with E-state index in [0.29, 0.717) is 22.3 Å². The molecular weight excluding hydrogens is 490 g/mol. The van der Waals surface area contributed by atoms with Gasteiger partial charge in [0.2, 0.25) is 0 Å². The number of carbonyl (C=O) groups excluding carboxylic acids is 2. The molecule has 0 fully saturated rings. The number of amides is 1. The Labute approximate surface area is 218 Å². The van der Waals surface area contributed by atoms with Gasteiger partial charge in [-0.25, -0.2) is 5.43 Å². The van der Waals surface area contributed by atoms with Gasteiger partial charge >= 0.3 is 0 Å². The number of carbonyl (C=O) groups is 2. The van der Waals surface area contributed by atoms with Gasteiger partial charge < -0.3 is 14.6 Å². The van der Waals surface area contributed by atoms with Crippen molar-refractivity contribution in [3.8, 4) is 22.8 Å². The van der Waals surface area contributed by atoms with Gasteiger partial charge in [0.15, 0.2) is 11.0 Å². The van der Waals surface area contributed by atoms with E-state index < -0.39 is 12.6 Å². The lowest BCUT2D eigenvalue weighted by Crippen LogP contribution is -2.29. The Bertz CT molecular complexity index is 1420. The number of hydrogen-bond donors (Lipinski definition) is 1. The molecule has 9 nitrogen and oxygen atoms in total. The van der Waals surface area contributed by atoms with Crippen LogP contribution in [0.3, 0.4) is 0 Å². The molecule has 0 radical (unpaired) electrons. The molecule has 4 aromatic rings. The molecule has 1 N–H and O–H groups in total. The Morgan fingerprint density at radius 1 is 1.00 bits per heavy atom. The fourth-order valence-electron chi connectivity index (χ4n) is 3.37. The maximum Gasteiger partial charge on any atom is 0.250 e. The Kier molecular flexibility index (Phi) is 8.32. The van der Waals surface area contributed by atoms with Gasteiger partial charge in [0.1, 0.15) is 12.4 Å². The van der Waals surface area contributed by atoms with Crippen molar-refractivity contribution in [1.82, 2.24) is 20.2 Å². The van der Waals surface area contributed by atoms with Crippen LogP contribution < -0.4 is 15.3 Å². The zero-order chi connectivity index (χ0) is 26.2. The number of carboxylic acid groups (broad SMARTS) is 1. The number of thioether (sulfide) groups is 1. The lowest BCUT2D eigenvalue weighted by Gasteiger charge is -2.11. The average Bonchev–Trinajstić information content (AvgIpc) is 3.31. The summed E-state index contributed by atoms with van der Waals surface area (Å²) < 4.78 is 7.11. The Morgan fingerprint density at radius 2 is 1.68 bits per heavy atom. The van der Waals surface area contributed by atoms with Gasteiger partial charge in [0.05, 0.1) is 17.9 Å². The van der Waals surface area contributed by atoms with Crippen LogP contribution in [-0.4, -0.2) is 45.2 Å². The van der Waals surface area contributed by atoms with Gasteiger partial charge in [0, 0.05) is 16.8 Å². The number of nitrogens with zero attached hydrogens (tertiary/aromatic N) is 4. The molecule has 37 heavy (non-hydrogen) atoms. The van der Waals surface area contributed by atoms with Crippen LogP contribution in [0.1, 0.15) is 16.7 Å². The number of benzene rings is 3. The molecule has 0 saturated heterocycles. The summed E-state index contributed by atoms with van der Waals surface area (Å²) in [5.41, 5.74) is 7.07. The van der Waals surface area contributed by atoms with Crippen LogP contribution in [0.15, 0.2) is 83.1 Å². The second-order valence-corrected chi connectivity index (χ2v) is 9.07. The molecule has 0 spiro atoms. The molecule has 1 aromatic heterocycles. The molecule has 0 saturated carbocycles. The summed E-state index contributed by atoms with van der Waals surface area (Å²) in [6, 6.07) is 22.8. The molecule has 1 amide bonds. The van der Waals surface area contributed by atoms with Crippen LogP contribution >= 0.6 is 11.8 Å². The molecule has 188 valence electrons. The number of para-hydroxylation sites is 1. The van der Waals surface area contributed by atoms with E-state index in [1.165, 1.54) is 18.0 Å². The molecule has 0 atom stereocenters. The maximum atomic E-state index is 12.5. The number of ether oxygens (including phenoxy) is 1. The second kappa shape index (κ2) is 12.0. The topological polar surface area (TPSA) is 122 Å². The number of rotatable bonds is 10. The van der Waals surface area contributed by atoms with Crippen molar-refractivity contribution in [1.29, 1.82) is 0 Å². The smallest absolute Gasteiger partial charge is 0.250 e. The normalized spacial score (nSPS) is 11.0. The second-order valence-electron chi connectivity index (χ2n) is 8.12. The first-order valence-electron chi connectivity index (χ1n) is 11.4. The number of hydrazone groups is 1. The first-order valence-corrected chi connectivity index (χ1v) is 12.3. The monoisotopic (exact) mass is 514 g/mol. The largest absolute Gasteiger partial charge is 0.546 e. The third-order valence-electron chi connectivity index (χ3n) is 5.23. The third-order valence-corrected chi connectivity index (χ3v) is 6.15. The van der Waals surface area contributed by atoms with E-state index in [1.807, 2.05) is 66.9 Å². The predicted octanol–water partition coefficient (Wildman–Crippen LogP) is 2.92. The van der Waals surface area contributed by atoms with Crippen LogP contribution in [0, 0.1) is 13.8 Å². The highest BCUT2D eigenvalue weighted by molar-refractivity contribution is 7.99. The quantitative estimate of drug-likeness (QED) is 0.196. The molecule has 1 heterocycles. The van der Waals surface area contributed by atoms with Crippen molar-refractivity contribution < 1.29 is 19.4 Å². The first kappa shape index (κ1) is 25.6. The highest BCUT2D eigenvalue weighted by atomic mass is 32.2. The zero-order valence-corrected chi connectivity index (χ0v) is 21.1. The van der Waals surface area contributed by atoms with Crippen LogP contribution in [0.2, 0.25) is 0 Å². The first-order chi connectivity index (χ1) is 17.9. The molecule has 0 aliphatic carbocycles. The zero-order valence-electron chi connectivity index (χ0n) is 20.2. The highest BCUT2D eigenvalue weighted by Gasteiger charge is 2.17. The van der Waals surface area contributed by atoms with E-state index in [-0.39, 0.29) is 11.7 Å². The molecule has 3 aromatic carbocycles. The van der Waals surface area contributed by atoms with E-state index >= 15 is 0 Å². The number of aliphatic carboxylic acids is 1. The Balaban J connectivity index is 1.47. The highest BCUT2D eigenvalue weighted by Crippen LogP contribution is 2.28. The van der Waals surface area contributed by atoms with Crippen molar-refractivity contribution in [3.63, 3.8) is 0 Å². The van der Waals surface area contributed by atoms with Crippen molar-refractivity contribution >= 4 is 29.9 Å². The van der Waals surface area contributed by atoms with Gasteiger partial charge in [-0.2, -0.15) is 5.10 Å². The minimum atomic E-state index is -1.33. The van der Waals surface area contributed by atoms with Crippen molar-refractivity contribution in [2.24, 2.45) is 5.10 Å². The van der Waals surface area contributed by atoms with Gasteiger partial charge in [-0.15, -0.1) is 10.2 Å². The van der Waals surface area contributed by atoms with Crippen LogP contribution in [0.25, 0.3) is 17.1 Å². The summed E-state index contributed by atoms with van der Waals surface area (Å²) in [7, 11) is 0. The summed E-state index contributed by atoms with van der Waals surface area (Å²) in [6.45, 7) is 3.46. The Morgan fingerprint density at radius 3 is 2.38 bits per heavy atom. The molecule has 0 unspecified atom stereocenters. The van der Waals surface area contributed by atoms with Crippen molar-refractivity contribution in [2.45, 2.75) is 19.0 Å². The molecule has 0 bridgehead atoms. The molecule has 0 aliphatic rings. The minimum absolute atomic E-state index is 0.0536. The van der Waals surface area contributed by atoms with Gasteiger partial charge in [-0.3, -0.25) is 9.36 Å². The van der Waals surface area contributed by atoms with E-state index in [4.69, 9.17) is 4.74 Å². The van der Waals surface area contributed by atoms with Crippen LogP contribution in [-0.2, 0) is 9.59 Å². The van der Waals surface area contributed by atoms with Crippen molar-refractivity contribution in [3.05, 3.63) is 89.5 Å². The molecule has 10 heteroatoms. The summed E-state index contributed by atoms with van der Waals surface area (Å²) in [5, 5.41) is 24.0. The van der Waals surface area contributed by atoms with Gasteiger partial charge in [-0.05, 0) is 38.1 Å². The van der Waals surface area contributed by atoms with Crippen LogP contribution in [0.4, 0.5) is 0 Å². The van der Waals surface area contributed by atoms with Crippen LogP contribution in [0.5, 0.6) is 5.75 Å². The van der Waals surface area contributed by atoms with E-state index in [1.54, 1.807) is 24.3 Å². The summed E-state index contributed by atoms with van der Waals surface area (Å²) in [4.78, 5) is 23.2. The lowest BCUT2D eigenvalue weighted by atomic mass is 10.1. The number of carboxylic acids is 1. The summed E-state index contributed by atoms with van der Waals surface area (Å²) in [6.07, 6.45) is 1.39. The van der Waals surface area contributed by atoms with Crippen molar-refractivity contribution in [2.75, 3.05) is 12.4 Å². The third kappa shape index (κ3) is 6.83. The van der Waals surface area contributed by atoms with E-state index in [2.05, 4.69) is 20.7 Å². The number of aryl methyl sites for hydroxylation is 2. The number of hydrogen-bond acceptors (Lipinski definition) is 8. The fourth-order valence-corrected chi connectivity index (χ4v) is 4.12. The SMILES string of the molecule is Cc1ccc(-c2nnc(SCC(=O)NN=Cc3ccccc3OCC(=O)[O-])n2-c2ccc(C)cc2)cc1. The number of nitrogens with one attached hydrogen (secondary N) is 1. The van der Waals surface area contributed by atoms with E-state index in [0.717, 1.165) is 22.4 Å². The van der Waals surface area contributed by atoms with Gasteiger partial charge in [-0.1, -0.05) is 71.4 Å². The fraction of sp³-hybridized carbons (Fsp3) is 0.148. The molecule has 4 rings (SSSR count).